The second kappa shape index (κ2) is 8.62. The lowest BCUT2D eigenvalue weighted by Gasteiger charge is -2.20. The number of hydrogen-bond acceptors (Lipinski definition) is 5. The molecule has 1 aliphatic rings. The normalized spacial score (nSPS) is 17.0. The molecule has 1 aromatic carbocycles. The van der Waals surface area contributed by atoms with Crippen molar-refractivity contribution < 1.29 is 13.2 Å². The van der Waals surface area contributed by atoms with Gasteiger partial charge in [-0.15, -0.1) is 0 Å². The average molecular weight is 375 g/mol. The first kappa shape index (κ1) is 18.8. The number of aromatic nitrogens is 1. The van der Waals surface area contributed by atoms with E-state index in [1.165, 1.54) is 11.8 Å². The Morgan fingerprint density at radius 2 is 1.85 bits per heavy atom. The van der Waals surface area contributed by atoms with Crippen molar-refractivity contribution in [3.8, 4) is 5.75 Å². The van der Waals surface area contributed by atoms with Gasteiger partial charge in [0.1, 0.15) is 12.4 Å². The fourth-order valence-electron chi connectivity index (χ4n) is 3.03. The van der Waals surface area contributed by atoms with Gasteiger partial charge in [-0.3, -0.25) is 9.88 Å². The number of sulfonamides is 1. The lowest BCUT2D eigenvalue weighted by atomic mass is 10.2. The zero-order valence-corrected chi connectivity index (χ0v) is 15.9. The van der Waals surface area contributed by atoms with Crippen LogP contribution < -0.4 is 4.74 Å². The van der Waals surface area contributed by atoms with Gasteiger partial charge in [0.15, 0.2) is 0 Å². The van der Waals surface area contributed by atoms with E-state index in [1.807, 2.05) is 30.3 Å². The van der Waals surface area contributed by atoms with E-state index in [-0.39, 0.29) is 0 Å². The van der Waals surface area contributed by atoms with Crippen molar-refractivity contribution in [2.45, 2.75) is 19.6 Å². The molecule has 3 rings (SSSR count). The van der Waals surface area contributed by atoms with Gasteiger partial charge in [0.05, 0.1) is 11.9 Å². The van der Waals surface area contributed by atoms with Gasteiger partial charge < -0.3 is 4.74 Å². The Balaban J connectivity index is 1.51. The number of rotatable bonds is 6. The molecule has 26 heavy (non-hydrogen) atoms. The minimum Gasteiger partial charge on any atom is -0.487 e. The molecule has 1 fully saturated rings. The van der Waals surface area contributed by atoms with E-state index in [9.17, 15) is 8.42 Å². The summed E-state index contributed by atoms with van der Waals surface area (Å²) in [5, 5.41) is 0. The molecule has 0 saturated carbocycles. The molecular weight excluding hydrogens is 350 g/mol. The highest BCUT2D eigenvalue weighted by molar-refractivity contribution is 7.88. The minimum absolute atomic E-state index is 0.452. The number of nitrogens with zero attached hydrogens (tertiary/aromatic N) is 3. The first-order valence-corrected chi connectivity index (χ1v) is 10.6. The zero-order valence-electron chi connectivity index (χ0n) is 15.0. The molecule has 7 heteroatoms. The Hall–Kier alpha value is -1.96. The van der Waals surface area contributed by atoms with Gasteiger partial charge in [0.25, 0.3) is 0 Å². The molecule has 0 unspecified atom stereocenters. The lowest BCUT2D eigenvalue weighted by Crippen LogP contribution is -2.34. The fourth-order valence-corrected chi connectivity index (χ4v) is 3.90. The van der Waals surface area contributed by atoms with Crippen LogP contribution in [-0.4, -0.2) is 55.0 Å². The van der Waals surface area contributed by atoms with Crippen LogP contribution in [0.25, 0.3) is 0 Å². The molecule has 0 amide bonds. The van der Waals surface area contributed by atoms with Crippen LogP contribution in [0.15, 0.2) is 48.7 Å². The Kier molecular flexibility index (Phi) is 6.24. The summed E-state index contributed by atoms with van der Waals surface area (Å²) in [6.07, 6.45) is 3.90. The Morgan fingerprint density at radius 3 is 2.54 bits per heavy atom. The van der Waals surface area contributed by atoms with E-state index in [1.54, 1.807) is 10.5 Å². The van der Waals surface area contributed by atoms with E-state index in [4.69, 9.17) is 4.74 Å². The van der Waals surface area contributed by atoms with Crippen LogP contribution >= 0.6 is 0 Å². The van der Waals surface area contributed by atoms with Crippen LogP contribution in [0.3, 0.4) is 0 Å². The quantitative estimate of drug-likeness (QED) is 0.774. The summed E-state index contributed by atoms with van der Waals surface area (Å²) in [5.74, 6) is 0.818. The maximum Gasteiger partial charge on any atom is 0.211 e. The highest BCUT2D eigenvalue weighted by atomic mass is 32.2. The highest BCUT2D eigenvalue weighted by Gasteiger charge is 2.21. The maximum absolute atomic E-state index is 11.7. The van der Waals surface area contributed by atoms with Crippen LogP contribution in [-0.2, 0) is 23.2 Å². The van der Waals surface area contributed by atoms with E-state index in [2.05, 4.69) is 22.0 Å². The monoisotopic (exact) mass is 375 g/mol. The summed E-state index contributed by atoms with van der Waals surface area (Å²) in [6, 6.07) is 13.8. The topological polar surface area (TPSA) is 62.7 Å². The predicted molar refractivity (Wildman–Crippen MR) is 101 cm³/mol. The molecule has 140 valence electrons. The van der Waals surface area contributed by atoms with Crippen molar-refractivity contribution in [3.63, 3.8) is 0 Å². The SMILES string of the molecule is CS(=O)(=O)N1CCCN(Cc2ccc(OCc3ccccn3)cc2)CC1. The van der Waals surface area contributed by atoms with Gasteiger partial charge in [0, 0.05) is 32.4 Å². The van der Waals surface area contributed by atoms with E-state index in [0.717, 1.165) is 37.5 Å². The largest absolute Gasteiger partial charge is 0.487 e. The molecule has 2 aromatic rings. The van der Waals surface area contributed by atoms with Crippen molar-refractivity contribution in [1.82, 2.24) is 14.2 Å². The van der Waals surface area contributed by atoms with Crippen molar-refractivity contribution in [2.24, 2.45) is 0 Å². The summed E-state index contributed by atoms with van der Waals surface area (Å²) in [6.45, 7) is 4.10. The third-order valence-electron chi connectivity index (χ3n) is 4.46. The molecule has 6 nitrogen and oxygen atoms in total. The minimum atomic E-state index is -3.10. The van der Waals surface area contributed by atoms with Crippen LogP contribution in [0.5, 0.6) is 5.75 Å². The lowest BCUT2D eigenvalue weighted by molar-refractivity contribution is 0.278. The molecule has 2 heterocycles. The molecule has 0 radical (unpaired) electrons. The second-order valence-electron chi connectivity index (χ2n) is 6.55. The molecule has 0 bridgehead atoms. The fraction of sp³-hybridized carbons (Fsp3) is 0.421. The number of pyridine rings is 1. The van der Waals surface area contributed by atoms with E-state index in [0.29, 0.717) is 19.7 Å². The van der Waals surface area contributed by atoms with Gasteiger partial charge in [-0.25, -0.2) is 12.7 Å². The zero-order chi connectivity index (χ0) is 18.4. The van der Waals surface area contributed by atoms with Gasteiger partial charge in [-0.2, -0.15) is 0 Å². The van der Waals surface area contributed by atoms with E-state index >= 15 is 0 Å². The first-order valence-electron chi connectivity index (χ1n) is 8.80. The van der Waals surface area contributed by atoms with Crippen molar-refractivity contribution in [2.75, 3.05) is 32.4 Å². The number of ether oxygens (including phenoxy) is 1. The molecule has 1 aliphatic heterocycles. The predicted octanol–water partition coefficient (Wildman–Crippen LogP) is 2.13. The molecule has 1 saturated heterocycles. The number of benzene rings is 1. The van der Waals surface area contributed by atoms with Crippen molar-refractivity contribution in [3.05, 3.63) is 59.9 Å². The van der Waals surface area contributed by atoms with Crippen LogP contribution in [0.1, 0.15) is 17.7 Å². The smallest absolute Gasteiger partial charge is 0.211 e. The third kappa shape index (κ3) is 5.52. The van der Waals surface area contributed by atoms with Crippen LogP contribution in [0.4, 0.5) is 0 Å². The molecule has 0 atom stereocenters. The molecule has 1 aromatic heterocycles. The van der Waals surface area contributed by atoms with Gasteiger partial charge >= 0.3 is 0 Å². The Morgan fingerprint density at radius 1 is 1.04 bits per heavy atom. The summed E-state index contributed by atoms with van der Waals surface area (Å²) in [7, 11) is -3.10. The maximum atomic E-state index is 11.7. The third-order valence-corrected chi connectivity index (χ3v) is 5.76. The van der Waals surface area contributed by atoms with Crippen molar-refractivity contribution >= 4 is 10.0 Å². The molecule has 0 N–H and O–H groups in total. The van der Waals surface area contributed by atoms with Gasteiger partial charge in [0.2, 0.25) is 10.0 Å². The van der Waals surface area contributed by atoms with Gasteiger partial charge in [-0.05, 0) is 42.8 Å². The average Bonchev–Trinajstić information content (AvgIpc) is 2.88. The summed E-state index contributed by atoms with van der Waals surface area (Å²) < 4.78 is 30.7. The first-order chi connectivity index (χ1) is 12.5. The molecule has 0 aliphatic carbocycles. The molecular formula is C19H25N3O3S. The van der Waals surface area contributed by atoms with Crippen LogP contribution in [0.2, 0.25) is 0 Å². The summed E-state index contributed by atoms with van der Waals surface area (Å²) in [5.41, 5.74) is 2.10. The van der Waals surface area contributed by atoms with Crippen LogP contribution in [0, 0.1) is 0 Å². The second-order valence-corrected chi connectivity index (χ2v) is 8.53. The Bertz CT molecular complexity index is 795. The number of hydrogen-bond donors (Lipinski definition) is 0. The van der Waals surface area contributed by atoms with Gasteiger partial charge in [-0.1, -0.05) is 18.2 Å². The summed E-state index contributed by atoms with van der Waals surface area (Å²) in [4.78, 5) is 6.54. The Labute approximate surface area is 155 Å². The van der Waals surface area contributed by atoms with E-state index < -0.39 is 10.0 Å². The standard InChI is InChI=1S/C19H25N3O3S/c1-26(23,24)22-12-4-11-21(13-14-22)15-17-6-8-19(9-7-17)25-16-18-5-2-3-10-20-18/h2-3,5-10H,4,11-16H2,1H3. The molecule has 0 spiro atoms. The van der Waals surface area contributed by atoms with Crippen molar-refractivity contribution in [1.29, 1.82) is 0 Å². The summed E-state index contributed by atoms with van der Waals surface area (Å²) >= 11 is 0. The highest BCUT2D eigenvalue weighted by Crippen LogP contribution is 2.16.